The van der Waals surface area contributed by atoms with E-state index in [1.807, 2.05) is 17.5 Å². The van der Waals surface area contributed by atoms with E-state index in [9.17, 15) is 19.6 Å². The minimum Gasteiger partial charge on any atom is -0.478 e. The summed E-state index contributed by atoms with van der Waals surface area (Å²) < 4.78 is 0. The largest absolute Gasteiger partial charge is 0.478 e. The lowest BCUT2D eigenvalue weighted by molar-refractivity contribution is -0.118. The molecule has 8 heteroatoms. The average molecular weight is 333 g/mol. The molecule has 23 heavy (non-hydrogen) atoms. The van der Waals surface area contributed by atoms with Crippen LogP contribution >= 0.6 is 11.3 Å². The van der Waals surface area contributed by atoms with Gasteiger partial charge in [0.15, 0.2) is 0 Å². The standard InChI is InChI=1S/C15H16BNO5S/c18-13(8-14-2-1-5-23-14)7-11(16(21)22)6-12-4-3-10(9-17-12)15(19)20/h1-5,9,11,21-22H,6-8H2,(H,19,20)/t11-/m1/s1. The van der Waals surface area contributed by atoms with Crippen LogP contribution in [0.25, 0.3) is 0 Å². The topological polar surface area (TPSA) is 108 Å². The van der Waals surface area contributed by atoms with Gasteiger partial charge < -0.3 is 15.2 Å². The maximum Gasteiger partial charge on any atom is 0.455 e. The highest BCUT2D eigenvalue weighted by molar-refractivity contribution is 7.10. The summed E-state index contributed by atoms with van der Waals surface area (Å²) in [5, 5.41) is 29.7. The Labute approximate surface area is 137 Å². The van der Waals surface area contributed by atoms with Gasteiger partial charge in [-0.15, -0.1) is 11.3 Å². The van der Waals surface area contributed by atoms with E-state index in [1.165, 1.54) is 29.7 Å². The molecule has 0 aliphatic carbocycles. The molecule has 2 heterocycles. The van der Waals surface area contributed by atoms with Gasteiger partial charge in [-0.25, -0.2) is 4.79 Å². The number of ketones is 1. The van der Waals surface area contributed by atoms with Crippen molar-refractivity contribution in [3.8, 4) is 0 Å². The Hall–Kier alpha value is -2.03. The molecule has 0 saturated carbocycles. The average Bonchev–Trinajstić information content (AvgIpc) is 2.99. The predicted molar refractivity (Wildman–Crippen MR) is 86.5 cm³/mol. The predicted octanol–water partition coefficient (Wildman–Crippen LogP) is 1.43. The quantitative estimate of drug-likeness (QED) is 0.631. The number of aromatic carboxylic acids is 1. The van der Waals surface area contributed by atoms with E-state index in [2.05, 4.69) is 4.98 Å². The van der Waals surface area contributed by atoms with Crippen LogP contribution in [-0.2, 0) is 17.6 Å². The summed E-state index contributed by atoms with van der Waals surface area (Å²) >= 11 is 1.48. The SMILES string of the molecule is O=C(Cc1cccs1)C[C@@H](Cc1ccc(C(=O)O)cn1)B(O)O. The van der Waals surface area contributed by atoms with E-state index >= 15 is 0 Å². The smallest absolute Gasteiger partial charge is 0.455 e. The molecule has 0 amide bonds. The van der Waals surface area contributed by atoms with E-state index < -0.39 is 18.9 Å². The number of carboxylic acids is 1. The monoisotopic (exact) mass is 333 g/mol. The highest BCUT2D eigenvalue weighted by Crippen LogP contribution is 2.21. The third-order valence-electron chi connectivity index (χ3n) is 3.41. The number of carboxylic acid groups (broad SMARTS) is 1. The first-order chi connectivity index (χ1) is 11.0. The molecule has 2 aromatic heterocycles. The van der Waals surface area contributed by atoms with Crippen LogP contribution in [0.4, 0.5) is 0 Å². The normalized spacial score (nSPS) is 11.9. The van der Waals surface area contributed by atoms with Gasteiger partial charge in [-0.3, -0.25) is 9.78 Å². The van der Waals surface area contributed by atoms with Crippen molar-refractivity contribution in [3.63, 3.8) is 0 Å². The van der Waals surface area contributed by atoms with E-state index in [4.69, 9.17) is 5.11 Å². The Bertz CT molecular complexity index is 657. The van der Waals surface area contributed by atoms with Gasteiger partial charge in [0.25, 0.3) is 0 Å². The maximum absolute atomic E-state index is 12.0. The zero-order valence-electron chi connectivity index (χ0n) is 12.3. The van der Waals surface area contributed by atoms with Crippen LogP contribution in [0.2, 0.25) is 5.82 Å². The van der Waals surface area contributed by atoms with Crippen LogP contribution in [0.15, 0.2) is 35.8 Å². The van der Waals surface area contributed by atoms with E-state index in [1.54, 1.807) is 0 Å². The second-order valence-electron chi connectivity index (χ2n) is 5.22. The lowest BCUT2D eigenvalue weighted by Crippen LogP contribution is -2.25. The van der Waals surface area contributed by atoms with E-state index in [0.717, 1.165) is 4.88 Å². The summed E-state index contributed by atoms with van der Waals surface area (Å²) in [5.74, 6) is -1.83. The van der Waals surface area contributed by atoms with Crippen LogP contribution in [-0.4, -0.2) is 39.0 Å². The molecule has 0 spiro atoms. The number of Topliss-reactive ketones (excluding diaryl/α,β-unsaturated/α-hetero) is 1. The minimum absolute atomic E-state index is 0.0257. The molecule has 3 N–H and O–H groups in total. The Kier molecular flexibility index (Phi) is 6.03. The number of rotatable bonds is 8. The van der Waals surface area contributed by atoms with E-state index in [0.29, 0.717) is 5.69 Å². The zero-order valence-corrected chi connectivity index (χ0v) is 13.1. The Morgan fingerprint density at radius 2 is 2.04 bits per heavy atom. The lowest BCUT2D eigenvalue weighted by Gasteiger charge is -2.14. The number of hydrogen-bond donors (Lipinski definition) is 3. The number of aromatic nitrogens is 1. The first kappa shape index (κ1) is 17.3. The minimum atomic E-state index is -1.64. The van der Waals surface area contributed by atoms with Gasteiger partial charge in [0.05, 0.1) is 5.56 Å². The summed E-state index contributed by atoms with van der Waals surface area (Å²) in [5.41, 5.74) is 0.570. The second kappa shape index (κ2) is 8.00. The number of pyridine rings is 1. The van der Waals surface area contributed by atoms with Gasteiger partial charge in [0, 0.05) is 35.4 Å². The first-order valence-electron chi connectivity index (χ1n) is 7.04. The molecule has 0 unspecified atom stereocenters. The maximum atomic E-state index is 12.0. The van der Waals surface area contributed by atoms with Gasteiger partial charge in [-0.05, 0) is 30.0 Å². The molecule has 2 rings (SSSR count). The number of carbonyl (C=O) groups excluding carboxylic acids is 1. The van der Waals surface area contributed by atoms with Crippen molar-refractivity contribution in [3.05, 3.63) is 52.0 Å². The van der Waals surface area contributed by atoms with Crippen molar-refractivity contribution in [1.82, 2.24) is 4.98 Å². The Morgan fingerprint density at radius 1 is 1.26 bits per heavy atom. The van der Waals surface area contributed by atoms with Crippen molar-refractivity contribution < 1.29 is 24.7 Å². The number of carbonyl (C=O) groups is 2. The Balaban J connectivity index is 1.98. The van der Waals surface area contributed by atoms with Crippen LogP contribution in [0.3, 0.4) is 0 Å². The summed E-state index contributed by atoms with van der Waals surface area (Å²) in [4.78, 5) is 27.7. The molecular weight excluding hydrogens is 317 g/mol. The fourth-order valence-corrected chi connectivity index (χ4v) is 2.93. The van der Waals surface area contributed by atoms with Crippen molar-refractivity contribution in [2.75, 3.05) is 0 Å². The van der Waals surface area contributed by atoms with Crippen molar-refractivity contribution in [2.45, 2.75) is 25.1 Å². The fourth-order valence-electron chi connectivity index (χ4n) is 2.20. The molecule has 0 aliphatic rings. The number of thiophene rings is 1. The molecule has 0 bridgehead atoms. The van der Waals surface area contributed by atoms with Gasteiger partial charge in [-0.1, -0.05) is 6.07 Å². The zero-order chi connectivity index (χ0) is 16.8. The molecule has 0 fully saturated rings. The molecule has 2 aromatic rings. The highest BCUT2D eigenvalue weighted by atomic mass is 32.1. The van der Waals surface area contributed by atoms with Gasteiger partial charge in [0.2, 0.25) is 0 Å². The van der Waals surface area contributed by atoms with Crippen LogP contribution < -0.4 is 0 Å². The first-order valence-corrected chi connectivity index (χ1v) is 7.92. The molecule has 0 aromatic carbocycles. The molecular formula is C15H16BNO5S. The summed E-state index contributed by atoms with van der Waals surface area (Å²) in [6, 6.07) is 6.64. The fraction of sp³-hybridized carbons (Fsp3) is 0.267. The van der Waals surface area contributed by atoms with Gasteiger partial charge in [0.1, 0.15) is 5.78 Å². The van der Waals surface area contributed by atoms with Gasteiger partial charge in [-0.2, -0.15) is 0 Å². The van der Waals surface area contributed by atoms with Crippen LogP contribution in [0.1, 0.15) is 27.3 Å². The summed E-state index contributed by atoms with van der Waals surface area (Å²) in [6.07, 6.45) is 1.70. The summed E-state index contributed by atoms with van der Waals surface area (Å²) in [6.45, 7) is 0. The number of nitrogens with zero attached hydrogens (tertiary/aromatic N) is 1. The second-order valence-corrected chi connectivity index (χ2v) is 6.25. The van der Waals surface area contributed by atoms with Crippen molar-refractivity contribution in [1.29, 1.82) is 0 Å². The lowest BCUT2D eigenvalue weighted by atomic mass is 9.67. The highest BCUT2D eigenvalue weighted by Gasteiger charge is 2.27. The van der Waals surface area contributed by atoms with E-state index in [-0.39, 0.29) is 30.6 Å². The number of hydrogen-bond acceptors (Lipinski definition) is 6. The third-order valence-corrected chi connectivity index (χ3v) is 4.28. The molecule has 120 valence electrons. The van der Waals surface area contributed by atoms with Crippen LogP contribution in [0.5, 0.6) is 0 Å². The van der Waals surface area contributed by atoms with Crippen molar-refractivity contribution in [2.24, 2.45) is 0 Å². The summed E-state index contributed by atoms with van der Waals surface area (Å²) in [7, 11) is -1.64. The van der Waals surface area contributed by atoms with Crippen LogP contribution in [0, 0.1) is 0 Å². The molecule has 0 saturated heterocycles. The third kappa shape index (κ3) is 5.28. The van der Waals surface area contributed by atoms with Gasteiger partial charge >= 0.3 is 13.1 Å². The van der Waals surface area contributed by atoms with Crippen molar-refractivity contribution >= 4 is 30.2 Å². The molecule has 1 atom stereocenters. The Morgan fingerprint density at radius 3 is 2.57 bits per heavy atom. The molecule has 0 aliphatic heterocycles. The molecule has 6 nitrogen and oxygen atoms in total. The molecule has 0 radical (unpaired) electrons.